The van der Waals surface area contributed by atoms with E-state index < -0.39 is 0 Å². The van der Waals surface area contributed by atoms with Gasteiger partial charge < -0.3 is 10.1 Å². The normalized spacial score (nSPS) is 21.5. The minimum Gasteiger partial charge on any atom is -0.377 e. The SMILES string of the molecule is CCN(CC1CCCO1)C(C)CCCNCC(C)C. The van der Waals surface area contributed by atoms with Crippen LogP contribution >= 0.6 is 0 Å². The van der Waals surface area contributed by atoms with E-state index in [9.17, 15) is 0 Å². The maximum Gasteiger partial charge on any atom is 0.0702 e. The molecule has 0 amide bonds. The predicted molar refractivity (Wildman–Crippen MR) is 82.6 cm³/mol. The highest BCUT2D eigenvalue weighted by molar-refractivity contribution is 4.74. The molecular weight excluding hydrogens is 236 g/mol. The van der Waals surface area contributed by atoms with Gasteiger partial charge in [0.15, 0.2) is 0 Å². The van der Waals surface area contributed by atoms with E-state index in [-0.39, 0.29) is 0 Å². The third kappa shape index (κ3) is 7.28. The standard InChI is InChI=1S/C16H34N2O/c1-5-18(13-16-9-7-11-19-16)15(4)8-6-10-17-12-14(2)3/h14-17H,5-13H2,1-4H3. The molecule has 0 saturated carbocycles. The lowest BCUT2D eigenvalue weighted by atomic mass is 10.1. The zero-order valence-electron chi connectivity index (χ0n) is 13.5. The molecule has 1 saturated heterocycles. The lowest BCUT2D eigenvalue weighted by molar-refractivity contribution is 0.0602. The zero-order valence-corrected chi connectivity index (χ0v) is 13.5. The molecular formula is C16H34N2O. The van der Waals surface area contributed by atoms with Crippen molar-refractivity contribution in [3.8, 4) is 0 Å². The van der Waals surface area contributed by atoms with E-state index in [1.807, 2.05) is 0 Å². The van der Waals surface area contributed by atoms with Gasteiger partial charge >= 0.3 is 0 Å². The van der Waals surface area contributed by atoms with Crippen molar-refractivity contribution >= 4 is 0 Å². The molecule has 0 aromatic carbocycles. The van der Waals surface area contributed by atoms with Crippen LogP contribution in [0.5, 0.6) is 0 Å². The van der Waals surface area contributed by atoms with Gasteiger partial charge in [0, 0.05) is 19.2 Å². The Hall–Kier alpha value is -0.120. The van der Waals surface area contributed by atoms with Crippen LogP contribution in [0.4, 0.5) is 0 Å². The lowest BCUT2D eigenvalue weighted by Crippen LogP contribution is -2.39. The van der Waals surface area contributed by atoms with Gasteiger partial charge in [0.05, 0.1) is 6.10 Å². The Kier molecular flexibility index (Phi) is 8.67. The van der Waals surface area contributed by atoms with Crippen molar-refractivity contribution in [2.24, 2.45) is 5.92 Å². The first-order valence-corrected chi connectivity index (χ1v) is 8.19. The molecule has 2 atom stereocenters. The fraction of sp³-hybridized carbons (Fsp3) is 1.00. The summed E-state index contributed by atoms with van der Waals surface area (Å²) < 4.78 is 5.75. The number of ether oxygens (including phenoxy) is 1. The Morgan fingerprint density at radius 1 is 1.32 bits per heavy atom. The van der Waals surface area contributed by atoms with Gasteiger partial charge in [-0.1, -0.05) is 20.8 Å². The van der Waals surface area contributed by atoms with Gasteiger partial charge in [-0.3, -0.25) is 4.90 Å². The first-order chi connectivity index (χ1) is 9.13. The molecule has 0 bridgehead atoms. The Labute approximate surface area is 120 Å². The van der Waals surface area contributed by atoms with Crippen LogP contribution in [0.3, 0.4) is 0 Å². The van der Waals surface area contributed by atoms with Gasteiger partial charge in [0.2, 0.25) is 0 Å². The Morgan fingerprint density at radius 3 is 2.68 bits per heavy atom. The summed E-state index contributed by atoms with van der Waals surface area (Å²) in [6.07, 6.45) is 5.54. The molecule has 0 aromatic rings. The van der Waals surface area contributed by atoms with Crippen LogP contribution in [0, 0.1) is 5.92 Å². The minimum absolute atomic E-state index is 0.487. The van der Waals surface area contributed by atoms with Gasteiger partial charge in [-0.05, 0) is 58.2 Å². The summed E-state index contributed by atoms with van der Waals surface area (Å²) in [5.74, 6) is 0.754. The number of nitrogens with zero attached hydrogens (tertiary/aromatic N) is 1. The highest BCUT2D eigenvalue weighted by Gasteiger charge is 2.21. The molecule has 1 aliphatic rings. The molecule has 1 aliphatic heterocycles. The van der Waals surface area contributed by atoms with Crippen molar-refractivity contribution in [2.45, 2.75) is 65.5 Å². The van der Waals surface area contributed by atoms with Gasteiger partial charge in [-0.25, -0.2) is 0 Å². The van der Waals surface area contributed by atoms with Crippen LogP contribution in [0.25, 0.3) is 0 Å². The van der Waals surface area contributed by atoms with E-state index in [1.165, 1.54) is 25.7 Å². The average molecular weight is 270 g/mol. The summed E-state index contributed by atoms with van der Waals surface area (Å²) in [5, 5.41) is 3.53. The number of likely N-dealkylation sites (N-methyl/N-ethyl adjacent to an activating group) is 1. The molecule has 2 unspecified atom stereocenters. The largest absolute Gasteiger partial charge is 0.377 e. The summed E-state index contributed by atoms with van der Waals surface area (Å²) in [6, 6.07) is 0.676. The van der Waals surface area contributed by atoms with Crippen LogP contribution in [0.15, 0.2) is 0 Å². The number of rotatable bonds is 10. The third-order valence-electron chi connectivity index (χ3n) is 4.02. The van der Waals surface area contributed by atoms with Gasteiger partial charge in [0.1, 0.15) is 0 Å². The van der Waals surface area contributed by atoms with E-state index in [0.717, 1.165) is 38.7 Å². The molecule has 0 aromatic heterocycles. The summed E-state index contributed by atoms with van der Waals surface area (Å²) in [4.78, 5) is 2.58. The van der Waals surface area contributed by atoms with Crippen LogP contribution < -0.4 is 5.32 Å². The van der Waals surface area contributed by atoms with Crippen molar-refractivity contribution in [1.29, 1.82) is 0 Å². The maximum absolute atomic E-state index is 5.75. The molecule has 1 rings (SSSR count). The zero-order chi connectivity index (χ0) is 14.1. The van der Waals surface area contributed by atoms with Crippen LogP contribution in [-0.2, 0) is 4.74 Å². The van der Waals surface area contributed by atoms with E-state index in [2.05, 4.69) is 37.9 Å². The van der Waals surface area contributed by atoms with Gasteiger partial charge in [-0.2, -0.15) is 0 Å². The second-order valence-electron chi connectivity index (χ2n) is 6.31. The van der Waals surface area contributed by atoms with E-state index in [4.69, 9.17) is 4.74 Å². The first kappa shape index (κ1) is 16.9. The third-order valence-corrected chi connectivity index (χ3v) is 4.02. The second-order valence-corrected chi connectivity index (χ2v) is 6.31. The van der Waals surface area contributed by atoms with E-state index in [1.54, 1.807) is 0 Å². The summed E-state index contributed by atoms with van der Waals surface area (Å²) in [5.41, 5.74) is 0. The Balaban J connectivity index is 2.12. The summed E-state index contributed by atoms with van der Waals surface area (Å²) >= 11 is 0. The fourth-order valence-electron chi connectivity index (χ4n) is 2.77. The molecule has 0 aliphatic carbocycles. The van der Waals surface area contributed by atoms with Crippen LogP contribution in [-0.4, -0.2) is 49.8 Å². The summed E-state index contributed by atoms with van der Waals surface area (Å²) in [7, 11) is 0. The molecule has 0 radical (unpaired) electrons. The number of hydrogen-bond acceptors (Lipinski definition) is 3. The molecule has 1 fully saturated rings. The minimum atomic E-state index is 0.487. The van der Waals surface area contributed by atoms with Crippen molar-refractivity contribution in [1.82, 2.24) is 10.2 Å². The highest BCUT2D eigenvalue weighted by Crippen LogP contribution is 2.16. The molecule has 1 N–H and O–H groups in total. The first-order valence-electron chi connectivity index (χ1n) is 8.19. The summed E-state index contributed by atoms with van der Waals surface area (Å²) in [6.45, 7) is 14.7. The van der Waals surface area contributed by atoms with Crippen molar-refractivity contribution < 1.29 is 4.74 Å². The Bertz CT molecular complexity index is 215. The highest BCUT2D eigenvalue weighted by atomic mass is 16.5. The molecule has 19 heavy (non-hydrogen) atoms. The van der Waals surface area contributed by atoms with E-state index >= 15 is 0 Å². The molecule has 0 spiro atoms. The molecule has 114 valence electrons. The average Bonchev–Trinajstić information content (AvgIpc) is 2.87. The van der Waals surface area contributed by atoms with Crippen molar-refractivity contribution in [2.75, 3.05) is 32.8 Å². The second kappa shape index (κ2) is 9.73. The topological polar surface area (TPSA) is 24.5 Å². The number of hydrogen-bond donors (Lipinski definition) is 1. The lowest BCUT2D eigenvalue weighted by Gasteiger charge is -2.30. The van der Waals surface area contributed by atoms with Crippen LogP contribution in [0.2, 0.25) is 0 Å². The maximum atomic E-state index is 5.75. The molecule has 3 nitrogen and oxygen atoms in total. The predicted octanol–water partition coefficient (Wildman–Crippen LogP) is 2.90. The number of nitrogens with one attached hydrogen (secondary N) is 1. The monoisotopic (exact) mass is 270 g/mol. The van der Waals surface area contributed by atoms with Gasteiger partial charge in [-0.15, -0.1) is 0 Å². The fourth-order valence-corrected chi connectivity index (χ4v) is 2.77. The molecule has 1 heterocycles. The Morgan fingerprint density at radius 2 is 2.11 bits per heavy atom. The van der Waals surface area contributed by atoms with Crippen molar-refractivity contribution in [3.63, 3.8) is 0 Å². The van der Waals surface area contributed by atoms with Crippen LogP contribution in [0.1, 0.15) is 53.4 Å². The molecule has 3 heteroatoms. The smallest absolute Gasteiger partial charge is 0.0702 e. The quantitative estimate of drug-likeness (QED) is 0.618. The van der Waals surface area contributed by atoms with Gasteiger partial charge in [0.25, 0.3) is 0 Å². The van der Waals surface area contributed by atoms with Crippen molar-refractivity contribution in [3.05, 3.63) is 0 Å². The van der Waals surface area contributed by atoms with E-state index in [0.29, 0.717) is 12.1 Å².